The van der Waals surface area contributed by atoms with Crippen LogP contribution in [0.5, 0.6) is 0 Å². The third-order valence-corrected chi connectivity index (χ3v) is 3.48. The van der Waals surface area contributed by atoms with Crippen LogP contribution >= 0.6 is 15.9 Å². The fourth-order valence-electron chi connectivity index (χ4n) is 1.68. The van der Waals surface area contributed by atoms with E-state index >= 15 is 0 Å². The summed E-state index contributed by atoms with van der Waals surface area (Å²) in [5.41, 5.74) is 2.32. The summed E-state index contributed by atoms with van der Waals surface area (Å²) < 4.78 is 1.13. The first-order valence-corrected chi connectivity index (χ1v) is 5.65. The second-order valence-electron chi connectivity index (χ2n) is 3.47. The second-order valence-corrected chi connectivity index (χ2v) is 4.26. The fraction of sp³-hybridized carbons (Fsp3) is 0.500. The Morgan fingerprint density at radius 3 is 2.86 bits per heavy atom. The molecule has 76 valence electrons. The van der Waals surface area contributed by atoms with Crippen molar-refractivity contribution in [2.45, 2.75) is 6.92 Å². The van der Waals surface area contributed by atoms with Crippen LogP contribution in [0.4, 0.5) is 5.69 Å². The van der Waals surface area contributed by atoms with Crippen molar-refractivity contribution in [3.05, 3.63) is 22.4 Å². The Hall–Kier alpha value is -0.610. The highest BCUT2D eigenvalue weighted by molar-refractivity contribution is 9.10. The first-order chi connectivity index (χ1) is 6.79. The van der Waals surface area contributed by atoms with Gasteiger partial charge in [0.2, 0.25) is 0 Å². The zero-order chi connectivity index (χ0) is 9.97. The van der Waals surface area contributed by atoms with Crippen LogP contribution in [0.25, 0.3) is 0 Å². The maximum atomic E-state index is 4.25. The highest BCUT2D eigenvalue weighted by atomic mass is 79.9. The Morgan fingerprint density at radius 2 is 2.14 bits per heavy atom. The summed E-state index contributed by atoms with van der Waals surface area (Å²) in [6, 6.07) is 2.07. The molecule has 0 radical (unpaired) electrons. The topological polar surface area (TPSA) is 28.2 Å². The molecule has 0 aromatic carbocycles. The van der Waals surface area contributed by atoms with E-state index in [0.29, 0.717) is 0 Å². The van der Waals surface area contributed by atoms with Crippen molar-refractivity contribution in [3.8, 4) is 0 Å². The van der Waals surface area contributed by atoms with Crippen molar-refractivity contribution in [1.29, 1.82) is 0 Å². The predicted molar refractivity (Wildman–Crippen MR) is 61.8 cm³/mol. The summed E-state index contributed by atoms with van der Waals surface area (Å²) >= 11 is 3.59. The maximum absolute atomic E-state index is 4.25. The minimum Gasteiger partial charge on any atom is -0.368 e. The smallest absolute Gasteiger partial charge is 0.0621 e. The molecule has 4 heteroatoms. The average Bonchev–Trinajstić information content (AvgIpc) is 2.23. The number of nitrogens with one attached hydrogen (secondary N) is 1. The first-order valence-electron chi connectivity index (χ1n) is 4.86. The minimum atomic E-state index is 1.06. The van der Waals surface area contributed by atoms with Gasteiger partial charge in [-0.2, -0.15) is 0 Å². The summed E-state index contributed by atoms with van der Waals surface area (Å²) in [5, 5.41) is 3.35. The Bertz CT molecular complexity index is 321. The van der Waals surface area contributed by atoms with Crippen LogP contribution in [0.1, 0.15) is 5.69 Å². The van der Waals surface area contributed by atoms with Gasteiger partial charge in [-0.1, -0.05) is 0 Å². The fourth-order valence-corrected chi connectivity index (χ4v) is 2.17. The van der Waals surface area contributed by atoms with Crippen molar-refractivity contribution in [2.75, 3.05) is 31.1 Å². The van der Waals surface area contributed by atoms with Gasteiger partial charge >= 0.3 is 0 Å². The molecule has 1 aromatic rings. The van der Waals surface area contributed by atoms with Gasteiger partial charge in [0.25, 0.3) is 0 Å². The van der Waals surface area contributed by atoms with Crippen molar-refractivity contribution in [3.63, 3.8) is 0 Å². The zero-order valence-corrected chi connectivity index (χ0v) is 9.84. The van der Waals surface area contributed by atoms with Gasteiger partial charge in [0.15, 0.2) is 0 Å². The Balaban J connectivity index is 2.26. The van der Waals surface area contributed by atoms with E-state index in [1.807, 2.05) is 13.1 Å². The van der Waals surface area contributed by atoms with Crippen LogP contribution in [0.15, 0.2) is 16.7 Å². The maximum Gasteiger partial charge on any atom is 0.0621 e. The molecule has 14 heavy (non-hydrogen) atoms. The highest BCUT2D eigenvalue weighted by Crippen LogP contribution is 2.27. The third-order valence-electron chi connectivity index (χ3n) is 2.50. The van der Waals surface area contributed by atoms with E-state index in [4.69, 9.17) is 0 Å². The molecule has 0 amide bonds. The highest BCUT2D eigenvalue weighted by Gasteiger charge is 2.13. The van der Waals surface area contributed by atoms with E-state index in [1.54, 1.807) is 0 Å². The molecule has 1 saturated heterocycles. The number of rotatable bonds is 1. The predicted octanol–water partition coefficient (Wildman–Crippen LogP) is 1.56. The quantitative estimate of drug-likeness (QED) is 0.826. The second kappa shape index (κ2) is 4.28. The molecule has 0 unspecified atom stereocenters. The number of aryl methyl sites for hydroxylation is 1. The van der Waals surface area contributed by atoms with Gasteiger partial charge in [-0.3, -0.25) is 4.98 Å². The molecule has 0 bridgehead atoms. The standard InChI is InChI=1S/C10H14BrN3/c1-8-10(11)9(2-3-13-8)14-6-4-12-5-7-14/h2-3,12H,4-7H2,1H3. The molecule has 1 aliphatic heterocycles. The molecule has 1 aromatic heterocycles. The number of pyridine rings is 1. The normalized spacial score (nSPS) is 17.1. The molecule has 1 fully saturated rings. The number of aromatic nitrogens is 1. The number of anilines is 1. The summed E-state index contributed by atoms with van der Waals surface area (Å²) in [6.07, 6.45) is 1.87. The van der Waals surface area contributed by atoms with E-state index < -0.39 is 0 Å². The van der Waals surface area contributed by atoms with E-state index in [-0.39, 0.29) is 0 Å². The number of hydrogen-bond acceptors (Lipinski definition) is 3. The number of nitrogens with zero attached hydrogens (tertiary/aromatic N) is 2. The van der Waals surface area contributed by atoms with Crippen molar-refractivity contribution >= 4 is 21.6 Å². The van der Waals surface area contributed by atoms with Gasteiger partial charge in [0, 0.05) is 32.4 Å². The van der Waals surface area contributed by atoms with Gasteiger partial charge < -0.3 is 10.2 Å². The lowest BCUT2D eigenvalue weighted by Gasteiger charge is -2.30. The lowest BCUT2D eigenvalue weighted by Crippen LogP contribution is -2.43. The molecular formula is C10H14BrN3. The Morgan fingerprint density at radius 1 is 1.43 bits per heavy atom. The number of halogens is 1. The van der Waals surface area contributed by atoms with E-state index in [1.165, 1.54) is 5.69 Å². The van der Waals surface area contributed by atoms with Gasteiger partial charge in [-0.15, -0.1) is 0 Å². The minimum absolute atomic E-state index is 1.06. The summed E-state index contributed by atoms with van der Waals surface area (Å²) in [7, 11) is 0. The first kappa shape index (κ1) is 9.93. The van der Waals surface area contributed by atoms with Gasteiger partial charge in [-0.05, 0) is 28.9 Å². The number of hydrogen-bond donors (Lipinski definition) is 1. The molecule has 0 atom stereocenters. The number of piperazine rings is 1. The van der Waals surface area contributed by atoms with Gasteiger partial charge in [-0.25, -0.2) is 0 Å². The summed E-state index contributed by atoms with van der Waals surface area (Å²) in [6.45, 7) is 6.29. The van der Waals surface area contributed by atoms with Gasteiger partial charge in [0.05, 0.1) is 15.9 Å². The molecule has 0 aliphatic carbocycles. The van der Waals surface area contributed by atoms with Crippen LogP contribution in [-0.4, -0.2) is 31.2 Å². The van der Waals surface area contributed by atoms with Crippen LogP contribution in [0.2, 0.25) is 0 Å². The van der Waals surface area contributed by atoms with Gasteiger partial charge in [0.1, 0.15) is 0 Å². The largest absolute Gasteiger partial charge is 0.368 e. The van der Waals surface area contributed by atoms with E-state index in [0.717, 1.165) is 36.3 Å². The molecule has 2 heterocycles. The molecule has 0 spiro atoms. The average molecular weight is 256 g/mol. The lowest BCUT2D eigenvalue weighted by atomic mass is 10.2. The molecule has 0 saturated carbocycles. The van der Waals surface area contributed by atoms with Crippen LogP contribution < -0.4 is 10.2 Å². The summed E-state index contributed by atoms with van der Waals surface area (Å²) in [4.78, 5) is 6.63. The Kier molecular flexibility index (Phi) is 3.03. The molecule has 2 rings (SSSR count). The van der Waals surface area contributed by atoms with Crippen LogP contribution in [0, 0.1) is 6.92 Å². The zero-order valence-electron chi connectivity index (χ0n) is 8.26. The monoisotopic (exact) mass is 255 g/mol. The molecule has 1 N–H and O–H groups in total. The van der Waals surface area contributed by atoms with E-state index in [9.17, 15) is 0 Å². The molecular weight excluding hydrogens is 242 g/mol. The van der Waals surface area contributed by atoms with Crippen molar-refractivity contribution < 1.29 is 0 Å². The SMILES string of the molecule is Cc1nccc(N2CCNCC2)c1Br. The van der Waals surface area contributed by atoms with Crippen LogP contribution in [0.3, 0.4) is 0 Å². The van der Waals surface area contributed by atoms with Crippen LogP contribution in [-0.2, 0) is 0 Å². The summed E-state index contributed by atoms with van der Waals surface area (Å²) in [5.74, 6) is 0. The molecule has 1 aliphatic rings. The van der Waals surface area contributed by atoms with Crippen molar-refractivity contribution in [2.24, 2.45) is 0 Å². The lowest BCUT2D eigenvalue weighted by molar-refractivity contribution is 0.588. The molecule has 3 nitrogen and oxygen atoms in total. The van der Waals surface area contributed by atoms with E-state index in [2.05, 4.69) is 37.2 Å². The Labute approximate surface area is 92.6 Å². The third kappa shape index (κ3) is 1.91. The van der Waals surface area contributed by atoms with Crippen molar-refractivity contribution in [1.82, 2.24) is 10.3 Å².